The van der Waals surface area contributed by atoms with Crippen molar-refractivity contribution in [3.63, 3.8) is 0 Å². The molecule has 1 atom stereocenters. The van der Waals surface area contributed by atoms with Gasteiger partial charge in [0.1, 0.15) is 5.15 Å². The van der Waals surface area contributed by atoms with E-state index in [1.54, 1.807) is 6.07 Å². The summed E-state index contributed by atoms with van der Waals surface area (Å²) in [5.74, 6) is -0.396. The zero-order valence-electron chi connectivity index (χ0n) is 13.2. The highest BCUT2D eigenvalue weighted by Crippen LogP contribution is 2.28. The molecule has 4 nitrogen and oxygen atoms in total. The zero-order valence-corrected chi connectivity index (χ0v) is 13.9. The largest absolute Gasteiger partial charge is 0.378 e. The van der Waals surface area contributed by atoms with Crippen LogP contribution in [0.2, 0.25) is 5.15 Å². The number of benzene rings is 1. The molecular formula is C18H21ClN2O2. The Balaban J connectivity index is 1.83. The standard InChI is InChI=1S/C18H21ClN2O2/c1-11-6-5-7-12-10-14(17(19)21-15(11)12)16(22)18(23)20-13-8-3-2-4-9-13/h5-7,10,13,16,22H,2-4,8-9H2,1H3,(H,20,23). The van der Waals surface area contributed by atoms with Gasteiger partial charge in [-0.15, -0.1) is 0 Å². The molecule has 1 heterocycles. The Bertz CT molecular complexity index is 726. The molecule has 23 heavy (non-hydrogen) atoms. The summed E-state index contributed by atoms with van der Waals surface area (Å²) in [6.45, 7) is 1.96. The first-order valence-electron chi connectivity index (χ1n) is 8.10. The number of amides is 1. The van der Waals surface area contributed by atoms with Crippen LogP contribution in [0.1, 0.15) is 49.3 Å². The van der Waals surface area contributed by atoms with Gasteiger partial charge in [0.2, 0.25) is 0 Å². The average molecular weight is 333 g/mol. The fourth-order valence-electron chi connectivity index (χ4n) is 3.20. The van der Waals surface area contributed by atoms with Crippen LogP contribution in [-0.2, 0) is 4.79 Å². The number of nitrogens with zero attached hydrogens (tertiary/aromatic N) is 1. The van der Waals surface area contributed by atoms with Crippen LogP contribution in [-0.4, -0.2) is 22.0 Å². The highest BCUT2D eigenvalue weighted by molar-refractivity contribution is 6.31. The molecule has 1 aliphatic carbocycles. The van der Waals surface area contributed by atoms with Gasteiger partial charge in [-0.1, -0.05) is 49.1 Å². The van der Waals surface area contributed by atoms with E-state index in [-0.39, 0.29) is 11.2 Å². The smallest absolute Gasteiger partial charge is 0.253 e. The Kier molecular flexibility index (Phi) is 4.83. The second-order valence-corrected chi connectivity index (χ2v) is 6.62. The summed E-state index contributed by atoms with van der Waals surface area (Å²) in [5, 5.41) is 14.4. The number of halogens is 1. The molecule has 3 rings (SSSR count). The average Bonchev–Trinajstić information content (AvgIpc) is 2.55. The number of para-hydroxylation sites is 1. The van der Waals surface area contributed by atoms with Gasteiger partial charge in [-0.25, -0.2) is 4.98 Å². The number of aliphatic hydroxyl groups is 1. The molecule has 1 aliphatic rings. The molecule has 122 valence electrons. The Morgan fingerprint density at radius 2 is 2.09 bits per heavy atom. The van der Waals surface area contributed by atoms with Crippen LogP contribution in [0.3, 0.4) is 0 Å². The Morgan fingerprint density at radius 1 is 1.35 bits per heavy atom. The summed E-state index contributed by atoms with van der Waals surface area (Å²) < 4.78 is 0. The van der Waals surface area contributed by atoms with Crippen molar-refractivity contribution >= 4 is 28.4 Å². The monoisotopic (exact) mass is 332 g/mol. The maximum absolute atomic E-state index is 12.3. The lowest BCUT2D eigenvalue weighted by Crippen LogP contribution is -2.39. The number of hydrogen-bond acceptors (Lipinski definition) is 3. The van der Waals surface area contributed by atoms with Gasteiger partial charge >= 0.3 is 0 Å². The number of aromatic nitrogens is 1. The van der Waals surface area contributed by atoms with Gasteiger partial charge in [0.25, 0.3) is 5.91 Å². The third-order valence-electron chi connectivity index (χ3n) is 4.52. The SMILES string of the molecule is Cc1cccc2cc(C(O)C(=O)NC3CCCCC3)c(Cl)nc12. The lowest BCUT2D eigenvalue weighted by Gasteiger charge is -2.24. The third-order valence-corrected chi connectivity index (χ3v) is 4.83. The molecule has 1 saturated carbocycles. The van der Waals surface area contributed by atoms with Crippen molar-refractivity contribution in [2.75, 3.05) is 0 Å². The summed E-state index contributed by atoms with van der Waals surface area (Å²) in [7, 11) is 0. The maximum atomic E-state index is 12.3. The van der Waals surface area contributed by atoms with Gasteiger partial charge in [0.05, 0.1) is 5.52 Å². The van der Waals surface area contributed by atoms with Crippen LogP contribution in [0, 0.1) is 6.92 Å². The molecule has 0 saturated heterocycles. The van der Waals surface area contributed by atoms with Crippen LogP contribution >= 0.6 is 11.6 Å². The molecule has 1 fully saturated rings. The van der Waals surface area contributed by atoms with E-state index in [1.165, 1.54) is 6.42 Å². The summed E-state index contributed by atoms with van der Waals surface area (Å²) >= 11 is 6.21. The first kappa shape index (κ1) is 16.2. The number of aliphatic hydroxyl groups excluding tert-OH is 1. The van der Waals surface area contributed by atoms with Crippen LogP contribution in [0.4, 0.5) is 0 Å². The zero-order chi connectivity index (χ0) is 16.4. The number of hydrogen-bond donors (Lipinski definition) is 2. The molecule has 0 bridgehead atoms. The fraction of sp³-hybridized carbons (Fsp3) is 0.444. The number of rotatable bonds is 3. The van der Waals surface area contributed by atoms with Crippen molar-refractivity contribution in [1.29, 1.82) is 0 Å². The molecule has 1 aromatic heterocycles. The molecule has 0 spiro atoms. The molecule has 2 aromatic rings. The van der Waals surface area contributed by atoms with Crippen LogP contribution < -0.4 is 5.32 Å². The minimum absolute atomic E-state index is 0.153. The molecule has 1 aromatic carbocycles. The first-order valence-corrected chi connectivity index (χ1v) is 8.48. The topological polar surface area (TPSA) is 62.2 Å². The highest BCUT2D eigenvalue weighted by Gasteiger charge is 2.24. The predicted molar refractivity (Wildman–Crippen MR) is 91.5 cm³/mol. The van der Waals surface area contributed by atoms with Crippen molar-refractivity contribution in [3.8, 4) is 0 Å². The van der Waals surface area contributed by atoms with Crippen molar-refractivity contribution in [2.24, 2.45) is 0 Å². The van der Waals surface area contributed by atoms with E-state index in [0.29, 0.717) is 5.56 Å². The summed E-state index contributed by atoms with van der Waals surface area (Å²) in [4.78, 5) is 16.7. The minimum atomic E-state index is -1.29. The Labute approximate surface area is 140 Å². The normalized spacial score (nSPS) is 17.2. The molecule has 1 unspecified atom stereocenters. The third kappa shape index (κ3) is 3.48. The van der Waals surface area contributed by atoms with E-state index in [1.807, 2.05) is 25.1 Å². The van der Waals surface area contributed by atoms with Gasteiger partial charge in [-0.05, 0) is 31.4 Å². The minimum Gasteiger partial charge on any atom is -0.378 e. The van der Waals surface area contributed by atoms with E-state index < -0.39 is 12.0 Å². The van der Waals surface area contributed by atoms with E-state index in [0.717, 1.165) is 42.1 Å². The maximum Gasteiger partial charge on any atom is 0.253 e. The summed E-state index contributed by atoms with van der Waals surface area (Å²) in [6, 6.07) is 7.69. The Hall–Kier alpha value is -1.65. The number of aryl methyl sites for hydroxylation is 1. The molecule has 2 N–H and O–H groups in total. The summed E-state index contributed by atoms with van der Waals surface area (Å²) in [5.41, 5.74) is 2.16. The summed E-state index contributed by atoms with van der Waals surface area (Å²) in [6.07, 6.45) is 4.12. The van der Waals surface area contributed by atoms with Gasteiger partial charge in [-0.3, -0.25) is 4.79 Å². The second kappa shape index (κ2) is 6.85. The van der Waals surface area contributed by atoms with Crippen LogP contribution in [0.5, 0.6) is 0 Å². The number of carbonyl (C=O) groups is 1. The van der Waals surface area contributed by atoms with Crippen LogP contribution in [0.25, 0.3) is 10.9 Å². The van der Waals surface area contributed by atoms with Crippen molar-refractivity contribution in [2.45, 2.75) is 51.2 Å². The van der Waals surface area contributed by atoms with Crippen molar-refractivity contribution in [1.82, 2.24) is 10.3 Å². The van der Waals surface area contributed by atoms with Crippen LogP contribution in [0.15, 0.2) is 24.3 Å². The first-order chi connectivity index (χ1) is 11.1. The number of nitrogens with one attached hydrogen (secondary N) is 1. The lowest BCUT2D eigenvalue weighted by atomic mass is 9.95. The number of carbonyl (C=O) groups excluding carboxylic acids is 1. The molecule has 1 amide bonds. The van der Waals surface area contributed by atoms with Gasteiger partial charge in [0, 0.05) is 17.0 Å². The van der Waals surface area contributed by atoms with Gasteiger partial charge < -0.3 is 10.4 Å². The van der Waals surface area contributed by atoms with E-state index >= 15 is 0 Å². The quantitative estimate of drug-likeness (QED) is 0.843. The van der Waals surface area contributed by atoms with Gasteiger partial charge in [0.15, 0.2) is 6.10 Å². The van der Waals surface area contributed by atoms with E-state index in [4.69, 9.17) is 11.6 Å². The van der Waals surface area contributed by atoms with Crippen molar-refractivity contribution in [3.05, 3.63) is 40.5 Å². The fourth-order valence-corrected chi connectivity index (χ4v) is 3.44. The van der Waals surface area contributed by atoms with E-state index in [9.17, 15) is 9.90 Å². The molecular weight excluding hydrogens is 312 g/mol. The number of pyridine rings is 1. The van der Waals surface area contributed by atoms with Crippen molar-refractivity contribution < 1.29 is 9.90 Å². The predicted octanol–water partition coefficient (Wildman–Crippen LogP) is 3.68. The number of fused-ring (bicyclic) bond motifs is 1. The lowest BCUT2D eigenvalue weighted by molar-refractivity contribution is -0.130. The molecule has 5 heteroatoms. The van der Waals surface area contributed by atoms with Gasteiger partial charge in [-0.2, -0.15) is 0 Å². The molecule has 0 radical (unpaired) electrons. The van der Waals surface area contributed by atoms with E-state index in [2.05, 4.69) is 10.3 Å². The second-order valence-electron chi connectivity index (χ2n) is 6.26. The Morgan fingerprint density at radius 3 is 2.83 bits per heavy atom. The highest BCUT2D eigenvalue weighted by atomic mass is 35.5. The molecule has 0 aliphatic heterocycles.